The van der Waals surface area contributed by atoms with Gasteiger partial charge in [0.2, 0.25) is 0 Å². The van der Waals surface area contributed by atoms with E-state index in [0.717, 1.165) is 15.2 Å². The van der Waals surface area contributed by atoms with Crippen molar-refractivity contribution in [2.45, 2.75) is 0 Å². The van der Waals surface area contributed by atoms with Gasteiger partial charge >= 0.3 is 0 Å². The van der Waals surface area contributed by atoms with Crippen LogP contribution in [0.2, 0.25) is 0 Å². The Kier molecular flexibility index (Phi) is 7.51. The van der Waals surface area contributed by atoms with Crippen molar-refractivity contribution in [2.75, 3.05) is 17.2 Å². The molecule has 0 unspecified atom stereocenters. The zero-order chi connectivity index (χ0) is 23.9. The Labute approximate surface area is 210 Å². The number of halogens is 1. The van der Waals surface area contributed by atoms with Crippen LogP contribution in [0.1, 0.15) is 10.4 Å². The topological polar surface area (TPSA) is 79.5 Å². The van der Waals surface area contributed by atoms with Gasteiger partial charge in [0.15, 0.2) is 11.7 Å². The first-order valence-electron chi connectivity index (χ1n) is 10.4. The number of fused-ring (bicyclic) bond motifs is 1. The third kappa shape index (κ3) is 5.78. The molecule has 0 saturated heterocycles. The van der Waals surface area contributed by atoms with Crippen molar-refractivity contribution in [1.82, 2.24) is 5.32 Å². The van der Waals surface area contributed by atoms with Crippen LogP contribution in [-0.2, 0) is 4.79 Å². The van der Waals surface area contributed by atoms with Crippen molar-refractivity contribution >= 4 is 67.2 Å². The van der Waals surface area contributed by atoms with Gasteiger partial charge in [-0.15, -0.1) is 0 Å². The highest BCUT2D eigenvalue weighted by atomic mass is 79.9. The van der Waals surface area contributed by atoms with E-state index in [0.29, 0.717) is 22.7 Å². The normalized spacial score (nSPS) is 10.4. The molecule has 3 N–H and O–H groups in total. The predicted molar refractivity (Wildman–Crippen MR) is 142 cm³/mol. The molecule has 6 nitrogen and oxygen atoms in total. The molecule has 0 radical (unpaired) electrons. The summed E-state index contributed by atoms with van der Waals surface area (Å²) in [5.74, 6) is -0.174. The van der Waals surface area contributed by atoms with Gasteiger partial charge in [-0.05, 0) is 69.3 Å². The quantitative estimate of drug-likeness (QED) is 0.275. The van der Waals surface area contributed by atoms with E-state index in [1.807, 2.05) is 48.5 Å². The lowest BCUT2D eigenvalue weighted by Gasteiger charge is -2.14. The maximum atomic E-state index is 12.7. The Morgan fingerprint density at radius 3 is 2.35 bits per heavy atom. The molecular weight excluding hydrogens is 514 g/mol. The van der Waals surface area contributed by atoms with Gasteiger partial charge in [0, 0.05) is 5.69 Å². The number of ether oxygens (including phenoxy) is 1. The standard InChI is InChI=1S/C26H20BrN3O3S/c27-24-19-11-5-4-8-17(19)14-15-22(24)33-16-23(31)30-26(34)29-21-13-7-6-12-20(21)25(32)28-18-9-2-1-3-10-18/h1-15H,16H2,(H,28,32)(H2,29,30,31,34). The summed E-state index contributed by atoms with van der Waals surface area (Å²) in [5, 5.41) is 10.4. The average molecular weight is 534 g/mol. The highest BCUT2D eigenvalue weighted by Crippen LogP contribution is 2.32. The average Bonchev–Trinajstić information content (AvgIpc) is 2.84. The number of nitrogens with one attached hydrogen (secondary N) is 3. The molecule has 0 aliphatic carbocycles. The molecule has 0 fully saturated rings. The number of carbonyl (C=O) groups excluding carboxylic acids is 2. The second-order valence-corrected chi connectivity index (χ2v) is 8.46. The van der Waals surface area contributed by atoms with Gasteiger partial charge in [-0.25, -0.2) is 0 Å². The molecule has 2 amide bonds. The first kappa shape index (κ1) is 23.4. The van der Waals surface area contributed by atoms with Crippen molar-refractivity contribution in [3.05, 3.63) is 101 Å². The first-order valence-corrected chi connectivity index (χ1v) is 11.6. The van der Waals surface area contributed by atoms with E-state index < -0.39 is 5.91 Å². The molecule has 34 heavy (non-hydrogen) atoms. The number of benzene rings is 4. The summed E-state index contributed by atoms with van der Waals surface area (Å²) in [5.41, 5.74) is 1.54. The molecule has 170 valence electrons. The summed E-state index contributed by atoms with van der Waals surface area (Å²) in [4.78, 5) is 25.1. The fraction of sp³-hybridized carbons (Fsp3) is 0.0385. The molecule has 0 bridgehead atoms. The molecule has 4 rings (SSSR count). The number of anilines is 2. The zero-order valence-electron chi connectivity index (χ0n) is 17.9. The second-order valence-electron chi connectivity index (χ2n) is 7.26. The maximum absolute atomic E-state index is 12.7. The summed E-state index contributed by atoms with van der Waals surface area (Å²) in [7, 11) is 0. The molecule has 0 spiro atoms. The van der Waals surface area contributed by atoms with Gasteiger partial charge in [0.25, 0.3) is 11.8 Å². The summed E-state index contributed by atoms with van der Waals surface area (Å²) in [6.07, 6.45) is 0. The monoisotopic (exact) mass is 533 g/mol. The lowest BCUT2D eigenvalue weighted by molar-refractivity contribution is -0.121. The number of para-hydroxylation sites is 2. The minimum Gasteiger partial charge on any atom is -0.483 e. The Bertz CT molecular complexity index is 1360. The molecule has 8 heteroatoms. The van der Waals surface area contributed by atoms with Gasteiger partial charge < -0.3 is 15.4 Å². The number of hydrogen-bond donors (Lipinski definition) is 3. The summed E-state index contributed by atoms with van der Waals surface area (Å²) < 4.78 is 6.45. The number of rotatable bonds is 6. The first-order chi connectivity index (χ1) is 16.5. The molecule has 4 aromatic carbocycles. The van der Waals surface area contributed by atoms with Crippen LogP contribution in [0, 0.1) is 0 Å². The summed E-state index contributed by atoms with van der Waals surface area (Å²) in [6.45, 7) is -0.227. The van der Waals surface area contributed by atoms with Gasteiger partial charge in [0.05, 0.1) is 15.7 Å². The third-order valence-corrected chi connectivity index (χ3v) is 5.91. The van der Waals surface area contributed by atoms with Crippen LogP contribution < -0.4 is 20.7 Å². The molecule has 0 saturated carbocycles. The molecule has 0 heterocycles. The molecule has 0 aromatic heterocycles. The van der Waals surface area contributed by atoms with Crippen molar-refractivity contribution in [3.8, 4) is 5.75 Å². The van der Waals surface area contributed by atoms with Crippen LogP contribution in [0.5, 0.6) is 5.75 Å². The highest BCUT2D eigenvalue weighted by Gasteiger charge is 2.14. The molecular formula is C26H20BrN3O3S. The Balaban J connectivity index is 1.35. The van der Waals surface area contributed by atoms with Crippen LogP contribution in [0.25, 0.3) is 10.8 Å². The van der Waals surface area contributed by atoms with E-state index in [1.54, 1.807) is 42.5 Å². The van der Waals surface area contributed by atoms with Crippen molar-refractivity contribution < 1.29 is 14.3 Å². The van der Waals surface area contributed by atoms with Crippen LogP contribution in [0.15, 0.2) is 95.5 Å². The third-order valence-electron chi connectivity index (χ3n) is 4.89. The van der Waals surface area contributed by atoms with Crippen LogP contribution in [0.3, 0.4) is 0 Å². The van der Waals surface area contributed by atoms with E-state index in [2.05, 4.69) is 31.9 Å². The largest absolute Gasteiger partial charge is 0.483 e. The number of carbonyl (C=O) groups is 2. The van der Waals surface area contributed by atoms with Crippen molar-refractivity contribution in [3.63, 3.8) is 0 Å². The van der Waals surface area contributed by atoms with Crippen molar-refractivity contribution in [2.24, 2.45) is 0 Å². The number of amides is 2. The zero-order valence-corrected chi connectivity index (χ0v) is 20.3. The molecule has 0 aliphatic heterocycles. The van der Waals surface area contributed by atoms with Crippen LogP contribution in [-0.4, -0.2) is 23.5 Å². The van der Waals surface area contributed by atoms with E-state index >= 15 is 0 Å². The predicted octanol–water partition coefficient (Wildman–Crippen LogP) is 5.75. The summed E-state index contributed by atoms with van der Waals surface area (Å²) in [6, 6.07) is 27.6. The van der Waals surface area contributed by atoms with Gasteiger partial charge in [-0.1, -0.05) is 60.7 Å². The Morgan fingerprint density at radius 1 is 0.824 bits per heavy atom. The van der Waals surface area contributed by atoms with E-state index in [-0.39, 0.29) is 17.6 Å². The Morgan fingerprint density at radius 2 is 1.53 bits per heavy atom. The van der Waals surface area contributed by atoms with Crippen LogP contribution in [0.4, 0.5) is 11.4 Å². The van der Waals surface area contributed by atoms with Gasteiger partial charge in [-0.3, -0.25) is 14.9 Å². The van der Waals surface area contributed by atoms with E-state index in [4.69, 9.17) is 17.0 Å². The minimum absolute atomic E-state index is 0.0612. The second kappa shape index (κ2) is 10.9. The lowest BCUT2D eigenvalue weighted by Crippen LogP contribution is -2.37. The maximum Gasteiger partial charge on any atom is 0.264 e. The van der Waals surface area contributed by atoms with Gasteiger partial charge in [-0.2, -0.15) is 0 Å². The summed E-state index contributed by atoms with van der Waals surface area (Å²) >= 11 is 8.81. The van der Waals surface area contributed by atoms with Crippen LogP contribution >= 0.6 is 28.1 Å². The molecule has 4 aromatic rings. The molecule has 0 atom stereocenters. The number of thiocarbonyl (C=S) groups is 1. The SMILES string of the molecule is O=C(COc1ccc2ccccc2c1Br)NC(=S)Nc1ccccc1C(=O)Nc1ccccc1. The number of hydrogen-bond acceptors (Lipinski definition) is 4. The van der Waals surface area contributed by atoms with E-state index in [1.165, 1.54) is 0 Å². The van der Waals surface area contributed by atoms with Gasteiger partial charge in [0.1, 0.15) is 5.75 Å². The highest BCUT2D eigenvalue weighted by molar-refractivity contribution is 9.10. The minimum atomic E-state index is -0.427. The lowest BCUT2D eigenvalue weighted by atomic mass is 10.1. The molecule has 0 aliphatic rings. The fourth-order valence-electron chi connectivity index (χ4n) is 3.29. The smallest absolute Gasteiger partial charge is 0.264 e. The van der Waals surface area contributed by atoms with E-state index in [9.17, 15) is 9.59 Å². The Hall–Kier alpha value is -3.75. The van der Waals surface area contributed by atoms with Crippen molar-refractivity contribution in [1.29, 1.82) is 0 Å². The fourth-order valence-corrected chi connectivity index (χ4v) is 4.13.